The van der Waals surface area contributed by atoms with Crippen molar-refractivity contribution in [2.45, 2.75) is 206 Å². The van der Waals surface area contributed by atoms with Crippen molar-refractivity contribution in [2.24, 2.45) is 97.1 Å². The molecule has 18 atom stereocenters. The lowest BCUT2D eigenvalue weighted by Gasteiger charge is -2.74. The highest BCUT2D eigenvalue weighted by Crippen LogP contribution is 2.87. The summed E-state index contributed by atoms with van der Waals surface area (Å²) in [5.41, 5.74) is 11.1. The smallest absolute Gasteiger partial charge is 0.307 e. The Morgan fingerprint density at radius 1 is 0.774 bits per heavy atom. The molecule has 3 aromatic rings. The quantitative estimate of drug-likeness (QED) is 0.111. The van der Waals surface area contributed by atoms with Gasteiger partial charge in [-0.1, -0.05) is 179 Å². The molecule has 3 spiro atoms. The van der Waals surface area contributed by atoms with Crippen molar-refractivity contribution in [1.82, 2.24) is 10.6 Å². The van der Waals surface area contributed by atoms with E-state index in [1.165, 1.54) is 108 Å². The molecule has 18 aliphatic rings. The molecule has 7 nitrogen and oxygen atoms in total. The number of hydrogen-bond donors (Lipinski definition) is 6. The number of dihydropyridines is 1. The van der Waals surface area contributed by atoms with E-state index < -0.39 is 45.8 Å². The Bertz CT molecular complexity index is 3870. The molecule has 0 amide bonds. The van der Waals surface area contributed by atoms with Gasteiger partial charge in [-0.15, -0.1) is 0 Å². The fourth-order valence-corrected chi connectivity index (χ4v) is 27.1. The Hall–Kier alpha value is -5.63. The highest BCUT2D eigenvalue weighted by molar-refractivity contribution is 5.78. The van der Waals surface area contributed by atoms with Gasteiger partial charge in [-0.25, -0.2) is 0 Å². The SMILES string of the molecule is CC(C)CC1=CC[C@]2(C)[C@@H](O)CC[C@@]34C5=C6C[C@@]1(C=C1C(=c7ccccc7=C[C@H]13)Cc1cccc(c1)C1=CC=C(NCCC[C@@H](C3CCCCC3)/C(=C/O)CC[C@@H](C(=O)O)[C@@]37C=C[C@H]8[C@H](CC[C@]89C[C@H]8CC[C@@H](c%10ccccc%10)C[C@H]8C9)[C@@]6(C[C@H]3O)[C@]7(C)CC5)NC1)[C@@H]24. The summed E-state index contributed by atoms with van der Waals surface area (Å²) in [4.78, 5) is 15.3. The molecule has 21 rings (SSSR count). The predicted octanol–water partition coefficient (Wildman–Crippen LogP) is 16.7. The Labute approximate surface area is 555 Å². The molecule has 0 aromatic heterocycles. The van der Waals surface area contributed by atoms with Crippen LogP contribution in [0.25, 0.3) is 17.2 Å². The molecule has 6 aliphatic heterocycles. The molecule has 7 heteroatoms. The molecule has 490 valence electrons. The zero-order valence-electron chi connectivity index (χ0n) is 56.4. The van der Waals surface area contributed by atoms with Crippen molar-refractivity contribution in [1.29, 1.82) is 0 Å². The Morgan fingerprint density at radius 2 is 1.60 bits per heavy atom. The lowest BCUT2D eigenvalue weighted by atomic mass is 9.29. The van der Waals surface area contributed by atoms with Crippen molar-refractivity contribution >= 4 is 23.2 Å². The molecular formula is C86H106N2O5. The summed E-state index contributed by atoms with van der Waals surface area (Å²) in [5, 5.41) is 61.8. The number of aliphatic hydroxyl groups is 3. The highest BCUT2D eigenvalue weighted by atomic mass is 16.4. The maximum absolute atomic E-state index is 15.3. The molecule has 3 aromatic carbocycles. The minimum atomic E-state index is -1.05. The van der Waals surface area contributed by atoms with E-state index in [0.29, 0.717) is 48.9 Å². The third-order valence-corrected chi connectivity index (χ3v) is 30.5. The third-order valence-electron chi connectivity index (χ3n) is 30.5. The number of carboxylic acid groups (broad SMARTS) is 1. The molecule has 6 N–H and O–H groups in total. The van der Waals surface area contributed by atoms with Crippen LogP contribution >= 0.6 is 0 Å². The number of aliphatic carboxylic acids is 1. The zero-order chi connectivity index (χ0) is 63.4. The number of carboxylic acids is 1. The summed E-state index contributed by atoms with van der Waals surface area (Å²) in [6.45, 7) is 11.5. The van der Waals surface area contributed by atoms with E-state index in [1.807, 2.05) is 0 Å². The summed E-state index contributed by atoms with van der Waals surface area (Å²) < 4.78 is 0. The molecule has 0 unspecified atom stereocenters. The van der Waals surface area contributed by atoms with Crippen LogP contribution in [0.3, 0.4) is 0 Å². The van der Waals surface area contributed by atoms with E-state index in [0.717, 1.165) is 108 Å². The van der Waals surface area contributed by atoms with Gasteiger partial charge in [0.05, 0.1) is 30.2 Å². The Morgan fingerprint density at radius 3 is 2.41 bits per heavy atom. The van der Waals surface area contributed by atoms with Crippen LogP contribution in [0.1, 0.15) is 204 Å². The lowest BCUT2D eigenvalue weighted by molar-refractivity contribution is -0.171. The van der Waals surface area contributed by atoms with Gasteiger partial charge in [0.25, 0.3) is 0 Å². The van der Waals surface area contributed by atoms with Crippen LogP contribution < -0.4 is 21.1 Å². The van der Waals surface area contributed by atoms with Gasteiger partial charge in [-0.05, 0) is 261 Å². The number of hydrogen-bond acceptors (Lipinski definition) is 6. The van der Waals surface area contributed by atoms with Crippen molar-refractivity contribution in [3.8, 4) is 0 Å². The summed E-state index contributed by atoms with van der Waals surface area (Å²) in [7, 11) is 0. The minimum Gasteiger partial charge on any atom is -0.516 e. The molecule has 6 fully saturated rings. The topological polar surface area (TPSA) is 122 Å². The third kappa shape index (κ3) is 8.73. The molecule has 93 heavy (non-hydrogen) atoms. The molecule has 14 bridgehead atoms. The maximum atomic E-state index is 15.3. The van der Waals surface area contributed by atoms with Gasteiger partial charge in [-0.2, -0.15) is 0 Å². The van der Waals surface area contributed by atoms with Crippen molar-refractivity contribution in [3.05, 3.63) is 182 Å². The largest absolute Gasteiger partial charge is 0.516 e. The summed E-state index contributed by atoms with van der Waals surface area (Å²) in [6.07, 6.45) is 42.9. The maximum Gasteiger partial charge on any atom is 0.307 e. The first-order chi connectivity index (χ1) is 45.1. The molecule has 6 saturated carbocycles. The first kappa shape index (κ1) is 61.0. The van der Waals surface area contributed by atoms with Gasteiger partial charge >= 0.3 is 5.97 Å². The van der Waals surface area contributed by atoms with Gasteiger partial charge in [0.1, 0.15) is 0 Å². The monoisotopic (exact) mass is 1250 g/mol. The molecule has 6 heterocycles. The van der Waals surface area contributed by atoms with Gasteiger partial charge in [0, 0.05) is 46.1 Å². The Kier molecular flexibility index (Phi) is 14.7. The van der Waals surface area contributed by atoms with Crippen LogP contribution in [0.5, 0.6) is 0 Å². The van der Waals surface area contributed by atoms with Crippen molar-refractivity contribution < 1.29 is 25.2 Å². The van der Waals surface area contributed by atoms with Crippen LogP contribution in [0.4, 0.5) is 0 Å². The van der Waals surface area contributed by atoms with Gasteiger partial charge < -0.3 is 31.1 Å². The number of carbonyl (C=O) groups is 1. The van der Waals surface area contributed by atoms with E-state index in [9.17, 15) is 20.4 Å². The summed E-state index contributed by atoms with van der Waals surface area (Å²) in [5.74, 6) is 3.15. The normalized spacial score (nSPS) is 42.7. The van der Waals surface area contributed by atoms with Crippen LogP contribution in [-0.4, -0.2) is 51.7 Å². The first-order valence-electron chi connectivity index (χ1n) is 37.7. The zero-order valence-corrected chi connectivity index (χ0v) is 56.4. The van der Waals surface area contributed by atoms with Crippen LogP contribution in [0.2, 0.25) is 0 Å². The minimum absolute atomic E-state index is 0.0775. The van der Waals surface area contributed by atoms with E-state index in [1.54, 1.807) is 16.7 Å². The molecule has 0 saturated heterocycles. The standard InChI is InChI=1S/C86H106N2O5/c1-53(2)41-64-30-35-80(3)75(90)34-38-84-70-31-36-81(4)85-39-33-69-71(32-37-82(69)46-60-25-24-58(44-63(60)47-82)55-16-7-5-8-17-55)86(81,50-76(85)91)74(70)49-83(64,79(80)84)48-68-67(66-22-12-11-20-59(66)45-73(68)84)43-54-15-13-21-57(42-54)61-27-29-77(88-51-61)87-40-14-23-65(56-18-9-6-10-19-56)62(52-89)26-28-72(85)78(92)93/h5,7-8,11-13,15-17,20-22,27,29-30,33,39,42,45,48,52-53,56,58,60,63,65,69,71-73,75-76,79,87-91H,6,9-10,14,18-19,23-26,28,31-32,34-38,40-41,43-44,46-47,49-51H2,1-4H3,(H,92,93)/b62-52+/t58-,60-,63+,65+,69+,71+,72+,73-,75+,76-,79-,80-,81-,82-,83-,84-,85+,86-/m1/s1. The number of aliphatic hydroxyl groups excluding tert-OH is 3. The van der Waals surface area contributed by atoms with Crippen LogP contribution in [0, 0.1) is 97.1 Å². The van der Waals surface area contributed by atoms with Crippen LogP contribution in [0.15, 0.2) is 155 Å². The second-order valence-corrected chi connectivity index (χ2v) is 34.5. The lowest BCUT2D eigenvalue weighted by Crippen LogP contribution is -2.69. The fraction of sp³-hybridized carbons (Fsp3) is 0.593. The first-order valence-corrected chi connectivity index (χ1v) is 37.7. The molecular weight excluding hydrogens is 1140 g/mol. The second-order valence-electron chi connectivity index (χ2n) is 34.5. The average molecular weight is 1250 g/mol. The number of rotatable bonds is 5. The van der Waals surface area contributed by atoms with Crippen LogP contribution in [-0.2, 0) is 11.2 Å². The van der Waals surface area contributed by atoms with E-state index in [-0.39, 0.29) is 45.8 Å². The fourth-order valence-electron chi connectivity index (χ4n) is 27.1. The van der Waals surface area contributed by atoms with Crippen molar-refractivity contribution in [3.63, 3.8) is 0 Å². The second kappa shape index (κ2) is 22.5. The molecule has 12 aliphatic carbocycles. The highest BCUT2D eigenvalue weighted by Gasteiger charge is 2.81. The summed E-state index contributed by atoms with van der Waals surface area (Å²) >= 11 is 0. The molecule has 0 radical (unpaired) electrons. The number of allylic oxidation sites excluding steroid dienone is 10. The number of benzene rings is 3. The van der Waals surface area contributed by atoms with E-state index in [4.69, 9.17) is 0 Å². The number of fused-ring (bicyclic) bond motifs is 4. The number of nitrogens with one attached hydrogen (secondary N) is 2. The van der Waals surface area contributed by atoms with Gasteiger partial charge in [0.15, 0.2) is 0 Å². The average Bonchev–Trinajstić information content (AvgIpc) is 1.62. The van der Waals surface area contributed by atoms with Crippen molar-refractivity contribution in [2.75, 3.05) is 13.1 Å². The van der Waals surface area contributed by atoms with E-state index in [2.05, 4.69) is 160 Å². The predicted molar refractivity (Wildman–Crippen MR) is 373 cm³/mol. The van der Waals surface area contributed by atoms with Gasteiger partial charge in [0.2, 0.25) is 0 Å². The Balaban J connectivity index is 0.896. The summed E-state index contributed by atoms with van der Waals surface area (Å²) in [6, 6.07) is 30.2. The van der Waals surface area contributed by atoms with Gasteiger partial charge in [-0.3, -0.25) is 4.79 Å². The van der Waals surface area contributed by atoms with E-state index >= 15 is 4.79 Å².